The van der Waals surface area contributed by atoms with Crippen molar-refractivity contribution >= 4 is 11.7 Å². The van der Waals surface area contributed by atoms with Crippen LogP contribution in [-0.4, -0.2) is 16.8 Å². The minimum absolute atomic E-state index is 0.242. The molecule has 0 radical (unpaired) electrons. The molecule has 10 heavy (non-hydrogen) atoms. The summed E-state index contributed by atoms with van der Waals surface area (Å²) < 4.78 is 0. The molecule has 1 rings (SSSR count). The quantitative estimate of drug-likeness (QED) is 0.565. The molecule has 2 N–H and O–H groups in total. The first-order valence-corrected chi connectivity index (χ1v) is 2.88. The second kappa shape index (κ2) is 2.47. The molecule has 0 saturated heterocycles. The van der Waals surface area contributed by atoms with Gasteiger partial charge >= 0.3 is 5.97 Å². The van der Waals surface area contributed by atoms with Crippen LogP contribution in [0.15, 0.2) is 23.8 Å². The van der Waals surface area contributed by atoms with Crippen LogP contribution in [0.1, 0.15) is 6.42 Å². The Hall–Kier alpha value is -1.38. The van der Waals surface area contributed by atoms with E-state index in [1.807, 2.05) is 0 Å². The van der Waals surface area contributed by atoms with E-state index < -0.39 is 5.97 Å². The first-order chi connectivity index (χ1) is 4.70. The second-order valence-electron chi connectivity index (χ2n) is 2.06. The molecule has 3 heteroatoms. The molecule has 0 saturated carbocycles. The molecule has 0 heterocycles. The number of carboxylic acids is 1. The van der Waals surface area contributed by atoms with Gasteiger partial charge in [0.25, 0.3) is 0 Å². The molecule has 1 aliphatic carbocycles. The minimum atomic E-state index is -0.936. The highest BCUT2D eigenvalue weighted by atomic mass is 16.4. The van der Waals surface area contributed by atoms with Gasteiger partial charge in [-0.2, -0.15) is 0 Å². The largest absolute Gasteiger partial charge is 0.478 e. The third kappa shape index (κ3) is 1.31. The van der Waals surface area contributed by atoms with E-state index in [0.717, 1.165) is 0 Å². The lowest BCUT2D eigenvalue weighted by molar-refractivity contribution is -0.132. The predicted octanol–water partition coefficient (Wildman–Crippen LogP) is 0.977. The third-order valence-corrected chi connectivity index (χ3v) is 1.25. The van der Waals surface area contributed by atoms with Crippen molar-refractivity contribution in [3.63, 3.8) is 0 Å². The number of hydrogen-bond donors (Lipinski definition) is 2. The van der Waals surface area contributed by atoms with Crippen LogP contribution in [0, 0.1) is 5.41 Å². The molecule has 52 valence electrons. The fraction of sp³-hybridized carbons (Fsp3) is 0.143. The lowest BCUT2D eigenvalue weighted by Gasteiger charge is -2.03. The molecule has 0 aromatic carbocycles. The van der Waals surface area contributed by atoms with Crippen molar-refractivity contribution in [3.05, 3.63) is 23.8 Å². The summed E-state index contributed by atoms with van der Waals surface area (Å²) in [5, 5.41) is 15.6. The molecule has 0 aromatic heterocycles. The minimum Gasteiger partial charge on any atom is -0.478 e. The Morgan fingerprint density at radius 1 is 1.70 bits per heavy atom. The van der Waals surface area contributed by atoms with Gasteiger partial charge in [0.15, 0.2) is 0 Å². The van der Waals surface area contributed by atoms with Crippen LogP contribution in [0.2, 0.25) is 0 Å². The number of rotatable bonds is 1. The Kier molecular flexibility index (Phi) is 1.67. The number of carbonyl (C=O) groups is 1. The van der Waals surface area contributed by atoms with Gasteiger partial charge in [0, 0.05) is 17.7 Å². The molecule has 1 aliphatic rings. The van der Waals surface area contributed by atoms with Crippen LogP contribution in [-0.2, 0) is 4.79 Å². The van der Waals surface area contributed by atoms with Gasteiger partial charge < -0.3 is 10.5 Å². The maximum atomic E-state index is 10.3. The Bertz CT molecular complexity index is 238. The smallest absolute Gasteiger partial charge is 0.331 e. The van der Waals surface area contributed by atoms with Crippen molar-refractivity contribution in [2.24, 2.45) is 0 Å². The highest BCUT2D eigenvalue weighted by molar-refractivity contribution is 6.02. The molecular weight excluding hydrogens is 130 g/mol. The summed E-state index contributed by atoms with van der Waals surface area (Å²) >= 11 is 0. The summed E-state index contributed by atoms with van der Waals surface area (Å²) in [5.74, 6) is -0.936. The van der Waals surface area contributed by atoms with Gasteiger partial charge in [0.1, 0.15) is 0 Å². The summed E-state index contributed by atoms with van der Waals surface area (Å²) in [4.78, 5) is 10.3. The molecule has 3 nitrogen and oxygen atoms in total. The first-order valence-electron chi connectivity index (χ1n) is 2.88. The number of allylic oxidation sites excluding steroid dienone is 3. The van der Waals surface area contributed by atoms with Crippen molar-refractivity contribution in [1.82, 2.24) is 0 Å². The van der Waals surface area contributed by atoms with E-state index in [2.05, 4.69) is 0 Å². The molecule has 0 bridgehead atoms. The van der Waals surface area contributed by atoms with Crippen LogP contribution in [0.25, 0.3) is 0 Å². The van der Waals surface area contributed by atoms with Gasteiger partial charge in [-0.3, -0.25) is 0 Å². The topological polar surface area (TPSA) is 61.2 Å². The van der Waals surface area contributed by atoms with Gasteiger partial charge in [-0.1, -0.05) is 12.2 Å². The molecule has 0 atom stereocenters. The van der Waals surface area contributed by atoms with Gasteiger partial charge in [-0.05, 0) is 6.08 Å². The predicted molar refractivity (Wildman–Crippen MR) is 37.2 cm³/mol. The summed E-state index contributed by atoms with van der Waals surface area (Å²) in [6.45, 7) is 0. The number of aliphatic carboxylic acids is 1. The van der Waals surface area contributed by atoms with Crippen LogP contribution >= 0.6 is 0 Å². The SMILES string of the molecule is N=C1C=CC=C(C(=O)O)C1. The Balaban J connectivity index is 2.80. The number of nitrogens with one attached hydrogen (secondary N) is 1. The van der Waals surface area contributed by atoms with Crippen LogP contribution in [0.4, 0.5) is 0 Å². The highest BCUT2D eigenvalue weighted by Gasteiger charge is 2.09. The van der Waals surface area contributed by atoms with Gasteiger partial charge in [0.05, 0.1) is 0 Å². The summed E-state index contributed by atoms with van der Waals surface area (Å²) in [5.41, 5.74) is 0.632. The van der Waals surface area contributed by atoms with E-state index in [1.165, 1.54) is 6.08 Å². The fourth-order valence-corrected chi connectivity index (χ4v) is 0.750. The molecular formula is C7H7NO2. The molecule has 0 amide bonds. The van der Waals surface area contributed by atoms with E-state index in [4.69, 9.17) is 10.5 Å². The Morgan fingerprint density at radius 2 is 2.40 bits per heavy atom. The van der Waals surface area contributed by atoms with Gasteiger partial charge in [-0.25, -0.2) is 4.79 Å². The van der Waals surface area contributed by atoms with Crippen molar-refractivity contribution in [2.45, 2.75) is 6.42 Å². The maximum absolute atomic E-state index is 10.3. The Labute approximate surface area is 58.2 Å². The zero-order chi connectivity index (χ0) is 7.56. The molecule has 0 aromatic rings. The summed E-state index contributed by atoms with van der Waals surface area (Å²) in [6, 6.07) is 0. The molecule has 0 spiro atoms. The fourth-order valence-electron chi connectivity index (χ4n) is 0.750. The van der Waals surface area contributed by atoms with E-state index >= 15 is 0 Å². The number of carboxylic acid groups (broad SMARTS) is 1. The van der Waals surface area contributed by atoms with Crippen molar-refractivity contribution in [3.8, 4) is 0 Å². The highest BCUT2D eigenvalue weighted by Crippen LogP contribution is 2.08. The molecule has 0 aliphatic heterocycles. The van der Waals surface area contributed by atoms with Crippen LogP contribution in [0.3, 0.4) is 0 Å². The average molecular weight is 137 g/mol. The third-order valence-electron chi connectivity index (χ3n) is 1.25. The average Bonchev–Trinajstić information content (AvgIpc) is 1.88. The molecule has 0 unspecified atom stereocenters. The summed E-state index contributed by atoms with van der Waals surface area (Å²) in [7, 11) is 0. The second-order valence-corrected chi connectivity index (χ2v) is 2.06. The monoisotopic (exact) mass is 137 g/mol. The zero-order valence-electron chi connectivity index (χ0n) is 5.29. The van der Waals surface area contributed by atoms with E-state index in [9.17, 15) is 4.79 Å². The van der Waals surface area contributed by atoms with Crippen molar-refractivity contribution in [1.29, 1.82) is 5.41 Å². The lowest BCUT2D eigenvalue weighted by Crippen LogP contribution is -2.07. The molecule has 0 fully saturated rings. The van der Waals surface area contributed by atoms with Crippen molar-refractivity contribution < 1.29 is 9.90 Å². The first kappa shape index (κ1) is 6.74. The van der Waals surface area contributed by atoms with E-state index in [-0.39, 0.29) is 12.0 Å². The number of hydrogen-bond acceptors (Lipinski definition) is 2. The summed E-state index contributed by atoms with van der Waals surface area (Å²) in [6.07, 6.45) is 4.92. The zero-order valence-corrected chi connectivity index (χ0v) is 5.29. The van der Waals surface area contributed by atoms with Gasteiger partial charge in [0.2, 0.25) is 0 Å². The van der Waals surface area contributed by atoms with Crippen LogP contribution < -0.4 is 0 Å². The lowest BCUT2D eigenvalue weighted by atomic mass is 10.0. The Morgan fingerprint density at radius 3 is 2.80 bits per heavy atom. The van der Waals surface area contributed by atoms with Crippen molar-refractivity contribution in [2.75, 3.05) is 0 Å². The van der Waals surface area contributed by atoms with Crippen LogP contribution in [0.5, 0.6) is 0 Å². The maximum Gasteiger partial charge on any atom is 0.331 e. The van der Waals surface area contributed by atoms with Gasteiger partial charge in [-0.15, -0.1) is 0 Å². The normalized spacial score (nSPS) is 16.8. The van der Waals surface area contributed by atoms with E-state index in [0.29, 0.717) is 5.71 Å². The standard InChI is InChI=1S/C7H7NO2/c8-6-3-1-2-5(4-6)7(9)10/h1-3,8H,4H2,(H,9,10). The van der Waals surface area contributed by atoms with E-state index in [1.54, 1.807) is 12.2 Å².